The number of amides is 1. The van der Waals surface area contributed by atoms with Crippen molar-refractivity contribution in [2.45, 2.75) is 50.6 Å². The van der Waals surface area contributed by atoms with Gasteiger partial charge in [0.05, 0.1) is 0 Å². The van der Waals surface area contributed by atoms with Gasteiger partial charge in [-0.1, -0.05) is 12.1 Å². The van der Waals surface area contributed by atoms with Gasteiger partial charge in [0.25, 0.3) is 5.91 Å². The van der Waals surface area contributed by atoms with Gasteiger partial charge >= 0.3 is 0 Å². The fourth-order valence-corrected chi connectivity index (χ4v) is 3.74. The summed E-state index contributed by atoms with van der Waals surface area (Å²) in [5.74, 6) is 1.69. The molecule has 0 unspecified atom stereocenters. The molecule has 1 amide bonds. The summed E-state index contributed by atoms with van der Waals surface area (Å²) in [4.78, 5) is 14.9. The van der Waals surface area contributed by atoms with Crippen LogP contribution in [0.2, 0.25) is 0 Å². The van der Waals surface area contributed by atoms with Crippen LogP contribution in [0.3, 0.4) is 0 Å². The van der Waals surface area contributed by atoms with Gasteiger partial charge in [-0.3, -0.25) is 9.69 Å². The first-order valence-electron chi connectivity index (χ1n) is 8.80. The van der Waals surface area contributed by atoms with Crippen LogP contribution in [-0.2, 0) is 4.74 Å². The van der Waals surface area contributed by atoms with E-state index >= 15 is 0 Å². The molecule has 1 saturated carbocycles. The quantitative estimate of drug-likeness (QED) is 0.916. The number of hydrogen-bond donors (Lipinski definition) is 1. The highest BCUT2D eigenvalue weighted by Gasteiger charge is 2.36. The van der Waals surface area contributed by atoms with Crippen molar-refractivity contribution < 1.29 is 14.1 Å². The first kappa shape index (κ1) is 15.1. The second-order valence-electron chi connectivity index (χ2n) is 7.24. The van der Waals surface area contributed by atoms with E-state index in [0.29, 0.717) is 23.6 Å². The molecule has 2 atom stereocenters. The lowest BCUT2D eigenvalue weighted by atomic mass is 10.1. The molecule has 0 bridgehead atoms. The maximum absolute atomic E-state index is 12.4. The van der Waals surface area contributed by atoms with Crippen LogP contribution >= 0.6 is 0 Å². The van der Waals surface area contributed by atoms with Crippen LogP contribution in [0.15, 0.2) is 10.6 Å². The maximum atomic E-state index is 12.4. The molecule has 4 rings (SSSR count). The van der Waals surface area contributed by atoms with Crippen LogP contribution in [0, 0.1) is 5.92 Å². The van der Waals surface area contributed by atoms with Gasteiger partial charge in [0.2, 0.25) is 0 Å². The summed E-state index contributed by atoms with van der Waals surface area (Å²) < 4.78 is 10.7. The van der Waals surface area contributed by atoms with Gasteiger partial charge in [-0.2, -0.15) is 0 Å². The van der Waals surface area contributed by atoms with E-state index in [9.17, 15) is 4.79 Å². The van der Waals surface area contributed by atoms with E-state index in [1.807, 2.05) is 6.07 Å². The van der Waals surface area contributed by atoms with E-state index in [1.165, 1.54) is 0 Å². The van der Waals surface area contributed by atoms with Crippen molar-refractivity contribution in [1.29, 1.82) is 0 Å². The van der Waals surface area contributed by atoms with E-state index in [-0.39, 0.29) is 11.9 Å². The van der Waals surface area contributed by atoms with Crippen molar-refractivity contribution in [3.8, 4) is 0 Å². The molecule has 1 aliphatic carbocycles. The molecule has 3 fully saturated rings. The minimum atomic E-state index is -0.105. The number of hydrogen-bond acceptors (Lipinski definition) is 5. The van der Waals surface area contributed by atoms with E-state index in [4.69, 9.17) is 9.26 Å². The molecule has 2 aliphatic heterocycles. The molecule has 2 saturated heterocycles. The monoisotopic (exact) mass is 319 g/mol. The highest BCUT2D eigenvalue weighted by Crippen LogP contribution is 2.40. The predicted molar refractivity (Wildman–Crippen MR) is 84.3 cm³/mol. The molecule has 0 radical (unpaired) electrons. The fourth-order valence-electron chi connectivity index (χ4n) is 3.74. The van der Waals surface area contributed by atoms with Gasteiger partial charge in [-0.05, 0) is 31.6 Å². The normalized spacial score (nSPS) is 29.8. The topological polar surface area (TPSA) is 67.6 Å². The summed E-state index contributed by atoms with van der Waals surface area (Å²) in [5.41, 5.74) is 0.420. The van der Waals surface area contributed by atoms with Crippen LogP contribution in [0.4, 0.5) is 0 Å². The van der Waals surface area contributed by atoms with E-state index in [0.717, 1.165) is 57.7 Å². The van der Waals surface area contributed by atoms with E-state index in [2.05, 4.69) is 22.3 Å². The number of ether oxygens (including phenoxy) is 1. The number of likely N-dealkylation sites (tertiary alicyclic amines) is 1. The number of rotatable bonds is 4. The van der Waals surface area contributed by atoms with E-state index in [1.54, 1.807) is 0 Å². The smallest absolute Gasteiger partial charge is 0.273 e. The summed E-state index contributed by atoms with van der Waals surface area (Å²) in [6.45, 7) is 5.89. The lowest BCUT2D eigenvalue weighted by Gasteiger charge is -2.31. The largest absolute Gasteiger partial charge is 0.381 e. The Kier molecular flexibility index (Phi) is 4.11. The predicted octanol–water partition coefficient (Wildman–Crippen LogP) is 1.78. The van der Waals surface area contributed by atoms with Crippen molar-refractivity contribution in [3.63, 3.8) is 0 Å². The molecule has 1 aromatic rings. The Labute approximate surface area is 136 Å². The minimum absolute atomic E-state index is 0.105. The van der Waals surface area contributed by atoms with Gasteiger partial charge in [-0.25, -0.2) is 0 Å². The molecule has 3 aliphatic rings. The van der Waals surface area contributed by atoms with Crippen molar-refractivity contribution in [1.82, 2.24) is 15.4 Å². The Bertz CT molecular complexity index is 563. The van der Waals surface area contributed by atoms with Crippen LogP contribution < -0.4 is 5.32 Å². The Balaban J connectivity index is 1.34. The Morgan fingerprint density at radius 2 is 2.04 bits per heavy atom. The molecule has 1 aromatic heterocycles. The summed E-state index contributed by atoms with van der Waals surface area (Å²) in [7, 11) is 0. The standard InChI is InChI=1S/C17H25N3O3/c1-11-9-20(13-4-6-22-7-5-13)10-15(11)18-17(21)14-8-16(23-19-14)12-2-3-12/h8,11-13,15H,2-7,9-10H2,1H3,(H,18,21)/t11-,15-/m1/s1. The highest BCUT2D eigenvalue weighted by molar-refractivity contribution is 5.92. The molecule has 126 valence electrons. The average molecular weight is 319 g/mol. The Morgan fingerprint density at radius 3 is 2.78 bits per heavy atom. The first-order chi connectivity index (χ1) is 11.2. The molecule has 23 heavy (non-hydrogen) atoms. The molecular weight excluding hydrogens is 294 g/mol. The molecular formula is C17H25N3O3. The third kappa shape index (κ3) is 3.28. The Morgan fingerprint density at radius 1 is 1.26 bits per heavy atom. The second kappa shape index (κ2) is 6.24. The van der Waals surface area contributed by atoms with E-state index < -0.39 is 0 Å². The average Bonchev–Trinajstić information content (AvgIpc) is 3.18. The Hall–Kier alpha value is -1.40. The van der Waals surface area contributed by atoms with Gasteiger partial charge < -0.3 is 14.6 Å². The number of nitrogens with one attached hydrogen (secondary N) is 1. The summed E-state index contributed by atoms with van der Waals surface area (Å²) in [5, 5.41) is 7.09. The van der Waals surface area contributed by atoms with Gasteiger partial charge in [0.15, 0.2) is 5.69 Å². The van der Waals surface area contributed by atoms with Gasteiger partial charge in [-0.15, -0.1) is 0 Å². The zero-order valence-corrected chi connectivity index (χ0v) is 13.7. The number of nitrogens with zero attached hydrogens (tertiary/aromatic N) is 2. The molecule has 1 N–H and O–H groups in total. The van der Waals surface area contributed by atoms with Crippen molar-refractivity contribution in [3.05, 3.63) is 17.5 Å². The van der Waals surface area contributed by atoms with Crippen molar-refractivity contribution in [2.75, 3.05) is 26.3 Å². The van der Waals surface area contributed by atoms with Gasteiger partial charge in [0.1, 0.15) is 5.76 Å². The number of carbonyl (C=O) groups is 1. The summed E-state index contributed by atoms with van der Waals surface area (Å²) in [6.07, 6.45) is 4.49. The SMILES string of the molecule is C[C@@H]1CN(C2CCOCC2)C[C@H]1NC(=O)c1cc(C2CC2)on1. The summed E-state index contributed by atoms with van der Waals surface area (Å²) in [6, 6.07) is 2.59. The lowest BCUT2D eigenvalue weighted by Crippen LogP contribution is -2.42. The van der Waals surface area contributed by atoms with Crippen molar-refractivity contribution >= 4 is 5.91 Å². The third-order valence-electron chi connectivity index (χ3n) is 5.41. The minimum Gasteiger partial charge on any atom is -0.381 e. The molecule has 6 nitrogen and oxygen atoms in total. The second-order valence-corrected chi connectivity index (χ2v) is 7.24. The molecule has 0 spiro atoms. The van der Waals surface area contributed by atoms with Crippen molar-refractivity contribution in [2.24, 2.45) is 5.92 Å². The van der Waals surface area contributed by atoms with Crippen LogP contribution in [0.1, 0.15) is 54.8 Å². The fraction of sp³-hybridized carbons (Fsp3) is 0.765. The van der Waals surface area contributed by atoms with Crippen LogP contribution in [0.25, 0.3) is 0 Å². The molecule has 6 heteroatoms. The third-order valence-corrected chi connectivity index (χ3v) is 5.41. The lowest BCUT2D eigenvalue weighted by molar-refractivity contribution is 0.0408. The van der Waals surface area contributed by atoms with Gasteiger partial charge in [0, 0.05) is 50.4 Å². The van der Waals surface area contributed by atoms with Crippen LogP contribution in [-0.4, -0.2) is 54.4 Å². The molecule has 3 heterocycles. The number of carbonyl (C=O) groups excluding carboxylic acids is 1. The maximum Gasteiger partial charge on any atom is 0.273 e. The number of aromatic nitrogens is 1. The first-order valence-corrected chi connectivity index (χ1v) is 8.80. The van der Waals surface area contributed by atoms with Crippen LogP contribution in [0.5, 0.6) is 0 Å². The highest BCUT2D eigenvalue weighted by atomic mass is 16.5. The molecule has 0 aromatic carbocycles. The summed E-state index contributed by atoms with van der Waals surface area (Å²) >= 11 is 0. The zero-order chi connectivity index (χ0) is 15.8. The zero-order valence-electron chi connectivity index (χ0n) is 13.7.